The Hall–Kier alpha value is -7.63. The zero-order chi connectivity index (χ0) is 37.0. The molecule has 260 valence electrons. The fourth-order valence-corrected chi connectivity index (χ4v) is 8.05. The van der Waals surface area contributed by atoms with E-state index in [4.69, 9.17) is 24.9 Å². The first-order valence-electron chi connectivity index (χ1n) is 18.7. The highest BCUT2D eigenvalue weighted by Gasteiger charge is 2.18. The van der Waals surface area contributed by atoms with E-state index in [9.17, 15) is 0 Å². The molecule has 0 N–H and O–H groups in total. The second-order valence-electron chi connectivity index (χ2n) is 14.1. The Morgan fingerprint density at radius 1 is 0.286 bits per heavy atom. The third kappa shape index (κ3) is 5.37. The number of nitrogens with zero attached hydrogens (tertiary/aromatic N) is 5. The van der Waals surface area contributed by atoms with Gasteiger partial charge in [0.2, 0.25) is 0 Å². The fourth-order valence-electron chi connectivity index (χ4n) is 8.05. The van der Waals surface area contributed by atoms with Gasteiger partial charge in [-0.15, -0.1) is 0 Å². The molecule has 0 fully saturated rings. The quantitative estimate of drug-likeness (QED) is 0.166. The van der Waals surface area contributed by atoms with Crippen LogP contribution < -0.4 is 0 Å². The lowest BCUT2D eigenvalue weighted by Crippen LogP contribution is -2.01. The van der Waals surface area contributed by atoms with Gasteiger partial charge in [0.15, 0.2) is 17.5 Å². The Balaban J connectivity index is 1.20. The molecule has 5 heteroatoms. The van der Waals surface area contributed by atoms with Crippen molar-refractivity contribution in [3.8, 4) is 56.5 Å². The molecule has 5 nitrogen and oxygen atoms in total. The maximum Gasteiger partial charge on any atom is 0.164 e. The lowest BCUT2D eigenvalue weighted by molar-refractivity contribution is 1.07. The molecular formula is C51H31N5. The topological polar surface area (TPSA) is 64.5 Å². The van der Waals surface area contributed by atoms with Gasteiger partial charge in [-0.3, -0.25) is 4.98 Å². The summed E-state index contributed by atoms with van der Waals surface area (Å²) in [5.41, 5.74) is 8.30. The molecular weight excluding hydrogens is 683 g/mol. The molecule has 9 aromatic carbocycles. The Morgan fingerprint density at radius 3 is 1.36 bits per heavy atom. The molecule has 0 aliphatic heterocycles. The Bertz CT molecular complexity index is 3210. The molecule has 0 bridgehead atoms. The zero-order valence-corrected chi connectivity index (χ0v) is 30.1. The monoisotopic (exact) mass is 713 g/mol. The van der Waals surface area contributed by atoms with Crippen LogP contribution in [-0.4, -0.2) is 24.9 Å². The number of fused-ring (bicyclic) bond motifs is 9. The lowest BCUT2D eigenvalue weighted by atomic mass is 9.91. The summed E-state index contributed by atoms with van der Waals surface area (Å²) < 4.78 is 0. The van der Waals surface area contributed by atoms with Crippen LogP contribution in [0, 0.1) is 0 Å². The standard InChI is InChI=1S/C51H31N5/c1-3-15-32(16-4-1)49-54-50(33-17-5-2-6-18-33)56-51(55-49)37-28-35(45-30-34-19-7-8-20-38(34)39-21-9-10-24-42(39)45)27-36(29-37)46-31-52-47-43-25-13-11-22-40(43)41-23-12-14-26-44(41)48(47)53-46/h1-31H. The first kappa shape index (κ1) is 31.9. The maximum atomic E-state index is 5.42. The Kier molecular flexibility index (Phi) is 7.42. The third-order valence-electron chi connectivity index (χ3n) is 10.7. The largest absolute Gasteiger partial charge is 0.252 e. The average molecular weight is 714 g/mol. The normalized spacial score (nSPS) is 11.6. The van der Waals surface area contributed by atoms with E-state index in [2.05, 4.69) is 121 Å². The molecule has 0 amide bonds. The van der Waals surface area contributed by atoms with Gasteiger partial charge >= 0.3 is 0 Å². The van der Waals surface area contributed by atoms with Gasteiger partial charge in [0, 0.05) is 33.0 Å². The van der Waals surface area contributed by atoms with E-state index in [0.29, 0.717) is 17.5 Å². The number of rotatable bonds is 5. The molecule has 0 saturated heterocycles. The van der Waals surface area contributed by atoms with Gasteiger partial charge in [-0.2, -0.15) is 0 Å². The SMILES string of the molecule is c1ccc(-c2nc(-c3ccccc3)nc(-c3cc(-c4cnc5c6ccccc6c6ccccc6c5n4)cc(-c4cc5ccccc5c5ccccc45)c3)n2)cc1. The van der Waals surface area contributed by atoms with Crippen molar-refractivity contribution in [1.29, 1.82) is 0 Å². The fraction of sp³-hybridized carbons (Fsp3) is 0. The first-order valence-corrected chi connectivity index (χ1v) is 18.7. The Morgan fingerprint density at radius 2 is 0.732 bits per heavy atom. The summed E-state index contributed by atoms with van der Waals surface area (Å²) in [6.45, 7) is 0. The van der Waals surface area contributed by atoms with Crippen LogP contribution in [-0.2, 0) is 0 Å². The van der Waals surface area contributed by atoms with E-state index in [1.165, 1.54) is 26.9 Å². The minimum atomic E-state index is 0.580. The molecule has 0 spiro atoms. The number of aromatic nitrogens is 5. The van der Waals surface area contributed by atoms with Crippen LogP contribution in [0.4, 0.5) is 0 Å². The number of benzene rings is 9. The van der Waals surface area contributed by atoms with Gasteiger partial charge in [0.25, 0.3) is 0 Å². The van der Waals surface area contributed by atoms with Gasteiger partial charge in [-0.25, -0.2) is 19.9 Å². The summed E-state index contributed by atoms with van der Waals surface area (Å²) in [4.78, 5) is 25.8. The average Bonchev–Trinajstić information content (AvgIpc) is 3.29. The van der Waals surface area contributed by atoms with E-state index < -0.39 is 0 Å². The lowest BCUT2D eigenvalue weighted by Gasteiger charge is -2.15. The summed E-state index contributed by atoms with van der Waals surface area (Å²) >= 11 is 0. The zero-order valence-electron chi connectivity index (χ0n) is 30.1. The van der Waals surface area contributed by atoms with E-state index in [1.54, 1.807) is 0 Å². The minimum absolute atomic E-state index is 0.580. The molecule has 56 heavy (non-hydrogen) atoms. The van der Waals surface area contributed by atoms with Crippen molar-refractivity contribution in [2.75, 3.05) is 0 Å². The highest BCUT2D eigenvalue weighted by Crippen LogP contribution is 2.40. The molecule has 0 radical (unpaired) electrons. The van der Waals surface area contributed by atoms with E-state index in [0.717, 1.165) is 66.3 Å². The van der Waals surface area contributed by atoms with Crippen LogP contribution in [0.3, 0.4) is 0 Å². The van der Waals surface area contributed by atoms with Crippen molar-refractivity contribution in [3.63, 3.8) is 0 Å². The Labute approximate surface area is 322 Å². The van der Waals surface area contributed by atoms with E-state index in [-0.39, 0.29) is 0 Å². The van der Waals surface area contributed by atoms with Gasteiger partial charge in [-0.1, -0.05) is 158 Å². The first-order chi connectivity index (χ1) is 27.7. The van der Waals surface area contributed by atoms with Crippen molar-refractivity contribution in [2.45, 2.75) is 0 Å². The summed E-state index contributed by atoms with van der Waals surface area (Å²) in [6.07, 6.45) is 1.91. The predicted molar refractivity (Wildman–Crippen MR) is 230 cm³/mol. The van der Waals surface area contributed by atoms with Crippen molar-refractivity contribution < 1.29 is 0 Å². The van der Waals surface area contributed by atoms with Crippen molar-refractivity contribution in [3.05, 3.63) is 188 Å². The molecule has 11 aromatic rings. The molecule has 11 rings (SSSR count). The number of hydrogen-bond donors (Lipinski definition) is 0. The van der Waals surface area contributed by atoms with E-state index >= 15 is 0 Å². The van der Waals surface area contributed by atoms with Gasteiger partial charge in [0.05, 0.1) is 22.9 Å². The van der Waals surface area contributed by atoms with Gasteiger partial charge in [0.1, 0.15) is 0 Å². The smallest absolute Gasteiger partial charge is 0.164 e. The summed E-state index contributed by atoms with van der Waals surface area (Å²) in [5.74, 6) is 1.80. The molecule has 0 saturated carbocycles. The number of hydrogen-bond acceptors (Lipinski definition) is 5. The van der Waals surface area contributed by atoms with Crippen molar-refractivity contribution >= 4 is 54.1 Å². The summed E-state index contributed by atoms with van der Waals surface area (Å²) in [6, 6.07) is 63.2. The molecule has 0 unspecified atom stereocenters. The highest BCUT2D eigenvalue weighted by molar-refractivity contribution is 6.23. The van der Waals surface area contributed by atoms with Crippen LogP contribution in [0.5, 0.6) is 0 Å². The minimum Gasteiger partial charge on any atom is -0.252 e. The van der Waals surface area contributed by atoms with Gasteiger partial charge in [-0.05, 0) is 67.7 Å². The predicted octanol–water partition coefficient (Wildman–Crippen LogP) is 12.8. The summed E-state index contributed by atoms with van der Waals surface area (Å²) in [5, 5.41) is 9.26. The second-order valence-corrected chi connectivity index (χ2v) is 14.1. The molecule has 2 aromatic heterocycles. The molecule has 0 atom stereocenters. The van der Waals surface area contributed by atoms with Crippen LogP contribution in [0.2, 0.25) is 0 Å². The maximum absolute atomic E-state index is 5.42. The van der Waals surface area contributed by atoms with Crippen molar-refractivity contribution in [2.24, 2.45) is 0 Å². The third-order valence-corrected chi connectivity index (χ3v) is 10.7. The van der Waals surface area contributed by atoms with Crippen LogP contribution in [0.1, 0.15) is 0 Å². The molecule has 0 aliphatic carbocycles. The molecule has 2 heterocycles. The van der Waals surface area contributed by atoms with Crippen LogP contribution in [0.25, 0.3) is 111 Å². The molecule has 0 aliphatic rings. The van der Waals surface area contributed by atoms with Gasteiger partial charge < -0.3 is 0 Å². The second kappa shape index (κ2) is 13.0. The summed E-state index contributed by atoms with van der Waals surface area (Å²) in [7, 11) is 0. The van der Waals surface area contributed by atoms with Crippen LogP contribution >= 0.6 is 0 Å². The van der Waals surface area contributed by atoms with E-state index in [1.807, 2.05) is 66.9 Å². The van der Waals surface area contributed by atoms with Crippen LogP contribution in [0.15, 0.2) is 188 Å². The highest BCUT2D eigenvalue weighted by atomic mass is 15.0. The van der Waals surface area contributed by atoms with Crippen molar-refractivity contribution in [1.82, 2.24) is 24.9 Å².